The van der Waals surface area contributed by atoms with Crippen LogP contribution in [-0.4, -0.2) is 4.98 Å². The van der Waals surface area contributed by atoms with Crippen molar-refractivity contribution < 1.29 is 4.39 Å². The average molecular weight is 271 g/mol. The summed E-state index contributed by atoms with van der Waals surface area (Å²) in [5.41, 5.74) is 8.72. The number of H-pyrrole nitrogens is 1. The minimum Gasteiger partial charge on any atom is -0.358 e. The van der Waals surface area contributed by atoms with Crippen LogP contribution in [-0.2, 0) is 0 Å². The molecular weight excluding hydrogens is 259 g/mol. The zero-order valence-electron chi connectivity index (χ0n) is 8.57. The van der Waals surface area contributed by atoms with Gasteiger partial charge in [0.1, 0.15) is 5.82 Å². The Labute approximate surface area is 95.8 Å². The summed E-state index contributed by atoms with van der Waals surface area (Å²) in [4.78, 5) is 3.14. The van der Waals surface area contributed by atoms with Crippen molar-refractivity contribution in [3.05, 3.63) is 33.7 Å². The van der Waals surface area contributed by atoms with E-state index < -0.39 is 0 Å². The van der Waals surface area contributed by atoms with Crippen molar-refractivity contribution in [1.29, 1.82) is 0 Å². The number of rotatable bonds is 1. The Bertz CT molecular complexity index is 517. The summed E-state index contributed by atoms with van der Waals surface area (Å²) in [6, 6.07) is 3.20. The summed E-state index contributed by atoms with van der Waals surface area (Å²) in [6.45, 7) is 3.87. The molecule has 15 heavy (non-hydrogen) atoms. The highest BCUT2D eigenvalue weighted by atomic mass is 79.9. The molecule has 0 aliphatic carbocycles. The largest absolute Gasteiger partial charge is 0.358 e. The molecule has 1 unspecified atom stereocenters. The number of benzene rings is 1. The van der Waals surface area contributed by atoms with Crippen LogP contribution in [0.15, 0.2) is 16.6 Å². The lowest BCUT2D eigenvalue weighted by atomic mass is 10.1. The lowest BCUT2D eigenvalue weighted by Gasteiger charge is -2.05. The molecule has 2 nitrogen and oxygen atoms in total. The molecule has 2 rings (SSSR count). The average Bonchev–Trinajstić information content (AvgIpc) is 2.41. The van der Waals surface area contributed by atoms with Crippen molar-refractivity contribution in [3.63, 3.8) is 0 Å². The summed E-state index contributed by atoms with van der Waals surface area (Å²) in [6.07, 6.45) is 0. The maximum absolute atomic E-state index is 13.3. The number of hydrogen-bond donors (Lipinski definition) is 2. The molecule has 0 bridgehead atoms. The Morgan fingerprint density at radius 2 is 2.13 bits per heavy atom. The first-order valence-electron chi connectivity index (χ1n) is 4.73. The van der Waals surface area contributed by atoms with Gasteiger partial charge in [0.15, 0.2) is 0 Å². The van der Waals surface area contributed by atoms with Crippen LogP contribution in [0.3, 0.4) is 0 Å². The smallest absolute Gasteiger partial charge is 0.139 e. The molecule has 2 aromatic rings. The van der Waals surface area contributed by atoms with Crippen LogP contribution in [0.1, 0.15) is 24.2 Å². The van der Waals surface area contributed by atoms with Crippen molar-refractivity contribution in [3.8, 4) is 0 Å². The third-order valence-electron chi connectivity index (χ3n) is 2.53. The van der Waals surface area contributed by atoms with Crippen LogP contribution in [0.25, 0.3) is 10.9 Å². The van der Waals surface area contributed by atoms with Gasteiger partial charge in [-0.25, -0.2) is 4.39 Å². The second-order valence-corrected chi connectivity index (χ2v) is 4.62. The van der Waals surface area contributed by atoms with Gasteiger partial charge in [0, 0.05) is 22.6 Å². The molecule has 3 N–H and O–H groups in total. The van der Waals surface area contributed by atoms with Gasteiger partial charge in [-0.3, -0.25) is 0 Å². The predicted octanol–water partition coefficient (Wildman–Crippen LogP) is 3.40. The highest BCUT2D eigenvalue weighted by Crippen LogP contribution is 2.30. The zero-order chi connectivity index (χ0) is 11.2. The number of nitrogens with two attached hydrogens (primary N) is 1. The number of hydrogen-bond acceptors (Lipinski definition) is 1. The van der Waals surface area contributed by atoms with Gasteiger partial charge in [0.2, 0.25) is 0 Å². The highest BCUT2D eigenvalue weighted by molar-refractivity contribution is 9.10. The van der Waals surface area contributed by atoms with Crippen LogP contribution < -0.4 is 5.73 Å². The van der Waals surface area contributed by atoms with E-state index in [1.807, 2.05) is 13.8 Å². The minimum atomic E-state index is -0.264. The minimum absolute atomic E-state index is 0.0592. The fourth-order valence-electron chi connectivity index (χ4n) is 1.93. The molecule has 1 heterocycles. The van der Waals surface area contributed by atoms with Gasteiger partial charge >= 0.3 is 0 Å². The van der Waals surface area contributed by atoms with Crippen molar-refractivity contribution in [2.45, 2.75) is 19.9 Å². The Balaban J connectivity index is 2.81. The normalized spacial score (nSPS) is 13.4. The number of fused-ring (bicyclic) bond motifs is 1. The quantitative estimate of drug-likeness (QED) is 0.820. The van der Waals surface area contributed by atoms with E-state index in [9.17, 15) is 4.39 Å². The van der Waals surface area contributed by atoms with E-state index in [-0.39, 0.29) is 11.9 Å². The molecule has 4 heteroatoms. The van der Waals surface area contributed by atoms with Gasteiger partial charge in [-0.1, -0.05) is 0 Å². The third kappa shape index (κ3) is 1.68. The SMILES string of the molecule is Cc1[nH]c2cc(F)c(Br)cc2c1C(C)N. The Kier molecular flexibility index (Phi) is 2.56. The van der Waals surface area contributed by atoms with Gasteiger partial charge in [-0.05, 0) is 47.5 Å². The van der Waals surface area contributed by atoms with E-state index in [4.69, 9.17) is 5.73 Å². The van der Waals surface area contributed by atoms with Gasteiger partial charge in [0.05, 0.1) is 4.47 Å². The zero-order valence-corrected chi connectivity index (χ0v) is 10.2. The Morgan fingerprint density at radius 1 is 1.47 bits per heavy atom. The van der Waals surface area contributed by atoms with Crippen LogP contribution in [0.2, 0.25) is 0 Å². The van der Waals surface area contributed by atoms with E-state index in [0.717, 1.165) is 22.2 Å². The van der Waals surface area contributed by atoms with Crippen molar-refractivity contribution >= 4 is 26.8 Å². The maximum Gasteiger partial charge on any atom is 0.139 e. The molecule has 1 atom stereocenters. The Hall–Kier alpha value is -0.870. The fourth-order valence-corrected chi connectivity index (χ4v) is 2.27. The van der Waals surface area contributed by atoms with Crippen LogP contribution >= 0.6 is 15.9 Å². The van der Waals surface area contributed by atoms with E-state index in [1.165, 1.54) is 6.07 Å². The third-order valence-corrected chi connectivity index (χ3v) is 3.14. The van der Waals surface area contributed by atoms with Gasteiger partial charge < -0.3 is 10.7 Å². The highest BCUT2D eigenvalue weighted by Gasteiger charge is 2.13. The Morgan fingerprint density at radius 3 is 2.73 bits per heavy atom. The molecule has 0 aliphatic rings. The number of aromatic amines is 1. The molecule has 0 saturated carbocycles. The summed E-state index contributed by atoms with van der Waals surface area (Å²) >= 11 is 3.18. The van der Waals surface area contributed by atoms with Gasteiger partial charge in [-0.2, -0.15) is 0 Å². The van der Waals surface area contributed by atoms with Crippen molar-refractivity contribution in [2.75, 3.05) is 0 Å². The summed E-state index contributed by atoms with van der Waals surface area (Å²) in [5.74, 6) is -0.264. The lowest BCUT2D eigenvalue weighted by Crippen LogP contribution is -2.05. The number of halogens is 2. The molecule has 0 amide bonds. The number of aryl methyl sites for hydroxylation is 1. The molecule has 0 spiro atoms. The summed E-state index contributed by atoms with van der Waals surface area (Å²) in [5, 5.41) is 0.982. The van der Waals surface area contributed by atoms with E-state index in [1.54, 1.807) is 6.07 Å². The van der Waals surface area contributed by atoms with Crippen molar-refractivity contribution in [2.24, 2.45) is 5.73 Å². The first-order chi connectivity index (χ1) is 7.00. The van der Waals surface area contributed by atoms with Gasteiger partial charge in [0.25, 0.3) is 0 Å². The van der Waals surface area contributed by atoms with Crippen LogP contribution in [0.4, 0.5) is 4.39 Å². The summed E-state index contributed by atoms with van der Waals surface area (Å²) in [7, 11) is 0. The van der Waals surface area contributed by atoms with Crippen LogP contribution in [0, 0.1) is 12.7 Å². The lowest BCUT2D eigenvalue weighted by molar-refractivity contribution is 0.623. The maximum atomic E-state index is 13.3. The molecule has 0 fully saturated rings. The fraction of sp³-hybridized carbons (Fsp3) is 0.273. The number of aromatic nitrogens is 1. The van der Waals surface area contributed by atoms with E-state index in [0.29, 0.717) is 4.47 Å². The molecule has 1 aromatic carbocycles. The van der Waals surface area contributed by atoms with Gasteiger partial charge in [-0.15, -0.1) is 0 Å². The molecule has 0 aliphatic heterocycles. The van der Waals surface area contributed by atoms with E-state index >= 15 is 0 Å². The first kappa shape index (κ1) is 10.6. The van der Waals surface area contributed by atoms with E-state index in [2.05, 4.69) is 20.9 Å². The summed E-state index contributed by atoms with van der Waals surface area (Å²) < 4.78 is 13.8. The molecule has 0 saturated heterocycles. The first-order valence-corrected chi connectivity index (χ1v) is 5.53. The van der Waals surface area contributed by atoms with Crippen molar-refractivity contribution in [1.82, 2.24) is 4.98 Å². The molecular formula is C11H12BrFN2. The standard InChI is InChI=1S/C11H12BrFN2/c1-5(14)11-6(2)15-10-4-9(13)8(12)3-7(10)11/h3-5,15H,14H2,1-2H3. The molecule has 80 valence electrons. The van der Waals surface area contributed by atoms with Crippen LogP contribution in [0.5, 0.6) is 0 Å². The second-order valence-electron chi connectivity index (χ2n) is 3.76. The second kappa shape index (κ2) is 3.61. The topological polar surface area (TPSA) is 41.8 Å². The number of nitrogens with one attached hydrogen (secondary N) is 1. The molecule has 1 aromatic heterocycles. The predicted molar refractivity (Wildman–Crippen MR) is 63.3 cm³/mol. The molecule has 0 radical (unpaired) electrons. The monoisotopic (exact) mass is 270 g/mol.